The van der Waals surface area contributed by atoms with Crippen LogP contribution < -0.4 is 4.74 Å². The summed E-state index contributed by atoms with van der Waals surface area (Å²) in [4.78, 5) is 0. The number of hydrogen-bond donors (Lipinski definition) is 0. The number of benzene rings is 1. The molecular formula is C12H7Cl2NO. The van der Waals surface area contributed by atoms with E-state index in [1.165, 1.54) is 6.08 Å². The van der Waals surface area contributed by atoms with E-state index in [9.17, 15) is 0 Å². The van der Waals surface area contributed by atoms with Crippen LogP contribution >= 0.6 is 23.2 Å². The third-order valence-corrected chi connectivity index (χ3v) is 2.23. The molecule has 2 nitrogen and oxygen atoms in total. The third kappa shape index (κ3) is 3.21. The fourth-order valence-electron chi connectivity index (χ4n) is 1.06. The van der Waals surface area contributed by atoms with Crippen LogP contribution in [0.15, 0.2) is 18.2 Å². The Balaban J connectivity index is 3.04. The van der Waals surface area contributed by atoms with E-state index in [0.717, 1.165) is 5.56 Å². The monoisotopic (exact) mass is 251 g/mol. The highest BCUT2D eigenvalue weighted by Crippen LogP contribution is 2.34. The molecule has 0 heterocycles. The van der Waals surface area contributed by atoms with E-state index >= 15 is 0 Å². The van der Waals surface area contributed by atoms with Crippen LogP contribution in [-0.4, -0.2) is 6.61 Å². The van der Waals surface area contributed by atoms with Gasteiger partial charge in [-0.15, -0.1) is 6.42 Å². The first-order chi connectivity index (χ1) is 7.69. The normalized spacial score (nSPS) is 9.75. The van der Waals surface area contributed by atoms with E-state index in [-0.39, 0.29) is 6.61 Å². The summed E-state index contributed by atoms with van der Waals surface area (Å²) in [6.45, 7) is 0.104. The Labute approximate surface area is 104 Å². The molecule has 80 valence electrons. The molecule has 16 heavy (non-hydrogen) atoms. The highest BCUT2D eigenvalue weighted by molar-refractivity contribution is 6.37. The highest BCUT2D eigenvalue weighted by Gasteiger charge is 2.08. The molecule has 0 saturated heterocycles. The van der Waals surface area contributed by atoms with Crippen molar-refractivity contribution in [3.05, 3.63) is 33.8 Å². The summed E-state index contributed by atoms with van der Waals surface area (Å²) in [5, 5.41) is 9.11. The third-order valence-electron chi connectivity index (χ3n) is 1.67. The molecule has 0 saturated carbocycles. The zero-order valence-electron chi connectivity index (χ0n) is 8.21. The van der Waals surface area contributed by atoms with E-state index in [4.69, 9.17) is 39.6 Å². The number of nitriles is 1. The standard InChI is InChI=1S/C12H7Cl2NO/c1-2-6-16-12-10(13)7-9(4-3-5-15)8-11(12)14/h1,3-4,7-8H,6H2/b4-3+. The fraction of sp³-hybridized carbons (Fsp3) is 0.0833. The van der Waals surface area contributed by atoms with Gasteiger partial charge in [-0.2, -0.15) is 5.26 Å². The lowest BCUT2D eigenvalue weighted by molar-refractivity contribution is 0.371. The number of allylic oxidation sites excluding steroid dienone is 1. The van der Waals surface area contributed by atoms with Gasteiger partial charge in [0.15, 0.2) is 5.75 Å². The second-order valence-corrected chi connectivity index (χ2v) is 3.58. The lowest BCUT2D eigenvalue weighted by Gasteiger charge is -2.08. The highest BCUT2D eigenvalue weighted by atomic mass is 35.5. The van der Waals surface area contributed by atoms with Crippen LogP contribution in [0, 0.1) is 23.7 Å². The molecule has 1 rings (SSSR count). The van der Waals surface area contributed by atoms with E-state index in [1.807, 2.05) is 6.07 Å². The minimum absolute atomic E-state index is 0.104. The van der Waals surface area contributed by atoms with Gasteiger partial charge in [-0.25, -0.2) is 0 Å². The van der Waals surface area contributed by atoms with Crippen LogP contribution in [-0.2, 0) is 0 Å². The number of nitrogens with zero attached hydrogens (tertiary/aromatic N) is 1. The summed E-state index contributed by atoms with van der Waals surface area (Å²) in [6, 6.07) is 5.17. The largest absolute Gasteiger partial charge is 0.478 e. The molecule has 0 bridgehead atoms. The maximum Gasteiger partial charge on any atom is 0.157 e. The van der Waals surface area contributed by atoms with Gasteiger partial charge in [-0.3, -0.25) is 0 Å². The van der Waals surface area contributed by atoms with Crippen molar-refractivity contribution in [1.82, 2.24) is 0 Å². The average Bonchev–Trinajstić information content (AvgIpc) is 2.25. The topological polar surface area (TPSA) is 33.0 Å². The van der Waals surface area contributed by atoms with Crippen molar-refractivity contribution in [3.63, 3.8) is 0 Å². The van der Waals surface area contributed by atoms with Crippen molar-refractivity contribution in [2.75, 3.05) is 6.61 Å². The van der Waals surface area contributed by atoms with Crippen LogP contribution in [0.25, 0.3) is 6.08 Å². The Kier molecular flexibility index (Phi) is 4.73. The molecule has 1 aromatic carbocycles. The Morgan fingerprint density at radius 1 is 1.38 bits per heavy atom. The second-order valence-electron chi connectivity index (χ2n) is 2.77. The zero-order chi connectivity index (χ0) is 12.0. The molecule has 0 aromatic heterocycles. The Hall–Kier alpha value is -1.61. The molecule has 0 aliphatic heterocycles. The maximum absolute atomic E-state index is 8.39. The van der Waals surface area contributed by atoms with Crippen LogP contribution in [0.1, 0.15) is 5.56 Å². The minimum Gasteiger partial charge on any atom is -0.478 e. The van der Waals surface area contributed by atoms with Gasteiger partial charge in [0.05, 0.1) is 16.1 Å². The summed E-state index contributed by atoms with van der Waals surface area (Å²) in [5.74, 6) is 2.68. The number of ether oxygens (including phenoxy) is 1. The Morgan fingerprint density at radius 3 is 2.50 bits per heavy atom. The minimum atomic E-state index is 0.104. The smallest absolute Gasteiger partial charge is 0.157 e. The molecule has 0 atom stereocenters. The molecule has 0 radical (unpaired) electrons. The average molecular weight is 252 g/mol. The molecular weight excluding hydrogens is 245 g/mol. The predicted octanol–water partition coefficient (Wildman–Crippen LogP) is 3.54. The summed E-state index contributed by atoms with van der Waals surface area (Å²) < 4.78 is 5.19. The van der Waals surface area contributed by atoms with E-state index in [0.29, 0.717) is 15.8 Å². The fourth-order valence-corrected chi connectivity index (χ4v) is 1.67. The number of hydrogen-bond acceptors (Lipinski definition) is 2. The van der Waals surface area contributed by atoms with Crippen LogP contribution in [0.5, 0.6) is 5.75 Å². The number of halogens is 2. The molecule has 0 unspecified atom stereocenters. The van der Waals surface area contributed by atoms with Crippen molar-refractivity contribution in [2.24, 2.45) is 0 Å². The molecule has 1 aromatic rings. The lowest BCUT2D eigenvalue weighted by atomic mass is 10.2. The van der Waals surface area contributed by atoms with Gasteiger partial charge in [0.2, 0.25) is 0 Å². The second kappa shape index (κ2) is 6.08. The van der Waals surface area contributed by atoms with Gasteiger partial charge < -0.3 is 4.74 Å². The zero-order valence-corrected chi connectivity index (χ0v) is 9.72. The maximum atomic E-state index is 8.39. The van der Waals surface area contributed by atoms with Crippen molar-refractivity contribution >= 4 is 29.3 Å². The van der Waals surface area contributed by atoms with E-state index in [1.54, 1.807) is 18.2 Å². The molecule has 4 heteroatoms. The SMILES string of the molecule is C#CCOc1c(Cl)cc(/C=C/C#N)cc1Cl. The summed E-state index contributed by atoms with van der Waals surface area (Å²) >= 11 is 11.9. The van der Waals surface area contributed by atoms with E-state index < -0.39 is 0 Å². The first-order valence-electron chi connectivity index (χ1n) is 4.30. The van der Waals surface area contributed by atoms with Crippen LogP contribution in [0.2, 0.25) is 10.0 Å². The first kappa shape index (κ1) is 12.5. The van der Waals surface area contributed by atoms with Crippen molar-refractivity contribution in [2.45, 2.75) is 0 Å². The summed E-state index contributed by atoms with van der Waals surface area (Å²) in [7, 11) is 0. The van der Waals surface area contributed by atoms with Gasteiger partial charge in [-0.1, -0.05) is 29.1 Å². The number of terminal acetylenes is 1. The molecule has 0 fully saturated rings. The van der Waals surface area contributed by atoms with E-state index in [2.05, 4.69) is 5.92 Å². The van der Waals surface area contributed by atoms with Gasteiger partial charge >= 0.3 is 0 Å². The quantitative estimate of drug-likeness (QED) is 0.608. The van der Waals surface area contributed by atoms with Crippen LogP contribution in [0.3, 0.4) is 0 Å². The lowest BCUT2D eigenvalue weighted by Crippen LogP contribution is -1.95. The first-order valence-corrected chi connectivity index (χ1v) is 5.06. The molecule has 0 spiro atoms. The van der Waals surface area contributed by atoms with Crippen molar-refractivity contribution in [3.8, 4) is 24.2 Å². The number of rotatable bonds is 3. The van der Waals surface area contributed by atoms with Gasteiger partial charge in [0.25, 0.3) is 0 Å². The van der Waals surface area contributed by atoms with Gasteiger partial charge in [0.1, 0.15) is 6.61 Å². The van der Waals surface area contributed by atoms with Crippen molar-refractivity contribution in [1.29, 1.82) is 5.26 Å². The Bertz CT molecular complexity index is 472. The summed E-state index contributed by atoms with van der Waals surface area (Å²) in [5.41, 5.74) is 0.726. The van der Waals surface area contributed by atoms with Gasteiger partial charge in [0, 0.05) is 6.08 Å². The van der Waals surface area contributed by atoms with Crippen molar-refractivity contribution < 1.29 is 4.74 Å². The molecule has 0 aliphatic carbocycles. The molecule has 0 N–H and O–H groups in total. The summed E-state index contributed by atoms with van der Waals surface area (Å²) in [6.07, 6.45) is 8.00. The molecule has 0 amide bonds. The van der Waals surface area contributed by atoms with Gasteiger partial charge in [-0.05, 0) is 23.8 Å². The Morgan fingerprint density at radius 2 is 2.00 bits per heavy atom. The predicted molar refractivity (Wildman–Crippen MR) is 65.4 cm³/mol. The van der Waals surface area contributed by atoms with Crippen LogP contribution in [0.4, 0.5) is 0 Å². The molecule has 0 aliphatic rings.